The molecule has 5 N–H and O–H groups in total. The number of benzene rings is 1. The number of aromatic nitrogens is 5. The lowest BCUT2D eigenvalue weighted by atomic mass is 9.84. The van der Waals surface area contributed by atoms with Crippen LogP contribution in [0.4, 0.5) is 29.1 Å². The Labute approximate surface area is 243 Å². The van der Waals surface area contributed by atoms with Gasteiger partial charge in [-0.25, -0.2) is 32.5 Å². The molecule has 11 nitrogen and oxygen atoms in total. The Morgan fingerprint density at radius 3 is 2.70 bits per heavy atom. The van der Waals surface area contributed by atoms with E-state index in [1.165, 1.54) is 24.9 Å². The maximum Gasteiger partial charge on any atom is 0.311 e. The van der Waals surface area contributed by atoms with Crippen LogP contribution in [0.1, 0.15) is 38.2 Å². The first-order valence-electron chi connectivity index (χ1n) is 13.6. The molecular weight excluding hydrogens is 572 g/mol. The molecule has 1 fully saturated rings. The highest BCUT2D eigenvalue weighted by Gasteiger charge is 2.43. The Balaban J connectivity index is 1.56. The average molecular weight is 603 g/mol. The molecule has 1 aromatic carbocycles. The van der Waals surface area contributed by atoms with E-state index in [0.29, 0.717) is 41.8 Å². The normalized spacial score (nSPS) is 17.9. The van der Waals surface area contributed by atoms with Gasteiger partial charge in [-0.15, -0.1) is 0 Å². The van der Waals surface area contributed by atoms with Gasteiger partial charge in [-0.3, -0.25) is 9.78 Å². The van der Waals surface area contributed by atoms with E-state index in [1.807, 2.05) is 0 Å². The number of nitrogen functional groups attached to an aromatic ring is 1. The lowest BCUT2D eigenvalue weighted by molar-refractivity contribution is -0.134. The molecule has 4 heterocycles. The molecule has 0 aliphatic carbocycles. The van der Waals surface area contributed by atoms with E-state index in [9.17, 15) is 23.1 Å². The van der Waals surface area contributed by atoms with E-state index in [2.05, 4.69) is 19.9 Å². The number of hydrogen-bond acceptors (Lipinski definition) is 10. The first-order chi connectivity index (χ1) is 20.5. The zero-order valence-electron chi connectivity index (χ0n) is 23.2. The van der Waals surface area contributed by atoms with Crippen LogP contribution in [0.5, 0.6) is 5.75 Å². The molecule has 0 saturated carbocycles. The summed E-state index contributed by atoms with van der Waals surface area (Å²) in [5, 5.41) is 10.2. The van der Waals surface area contributed by atoms with Crippen molar-refractivity contribution >= 4 is 28.6 Å². The highest BCUT2D eigenvalue weighted by atomic mass is 19.3. The van der Waals surface area contributed by atoms with Crippen molar-refractivity contribution in [3.05, 3.63) is 54.2 Å². The maximum absolute atomic E-state index is 15.3. The zero-order valence-corrected chi connectivity index (χ0v) is 23.2. The summed E-state index contributed by atoms with van der Waals surface area (Å²) in [6, 6.07) is 3.21. The fourth-order valence-corrected chi connectivity index (χ4v) is 5.24. The predicted molar refractivity (Wildman–Crippen MR) is 149 cm³/mol. The molecule has 2 atom stereocenters. The summed E-state index contributed by atoms with van der Waals surface area (Å²) in [4.78, 5) is 30.4. The van der Waals surface area contributed by atoms with Gasteiger partial charge < -0.3 is 30.8 Å². The zero-order chi connectivity index (χ0) is 30.9. The van der Waals surface area contributed by atoms with Crippen molar-refractivity contribution in [2.45, 2.75) is 57.2 Å². The predicted octanol–water partition coefficient (Wildman–Crippen LogP) is 3.43. The van der Waals surface area contributed by atoms with E-state index < -0.39 is 41.4 Å². The number of rotatable bonds is 9. The van der Waals surface area contributed by atoms with E-state index in [-0.39, 0.29) is 43.0 Å². The summed E-state index contributed by atoms with van der Waals surface area (Å²) >= 11 is 0. The minimum absolute atomic E-state index is 0.0453. The van der Waals surface area contributed by atoms with Gasteiger partial charge in [0.15, 0.2) is 23.0 Å². The van der Waals surface area contributed by atoms with Gasteiger partial charge in [0.2, 0.25) is 0 Å². The van der Waals surface area contributed by atoms with Crippen molar-refractivity contribution in [3.63, 3.8) is 0 Å². The van der Waals surface area contributed by atoms with Gasteiger partial charge in [0.25, 0.3) is 6.43 Å². The molecule has 0 radical (unpaired) electrons. The first kappa shape index (κ1) is 30.1. The van der Waals surface area contributed by atoms with E-state index in [1.54, 1.807) is 16.4 Å². The molecule has 1 aliphatic heterocycles. The molecule has 3 aromatic heterocycles. The first-order valence-corrected chi connectivity index (χ1v) is 13.6. The Morgan fingerprint density at radius 2 is 1.95 bits per heavy atom. The van der Waals surface area contributed by atoms with Crippen molar-refractivity contribution in [1.82, 2.24) is 24.5 Å². The number of carbonyl (C=O) groups is 1. The number of imidazole rings is 1. The van der Waals surface area contributed by atoms with Crippen molar-refractivity contribution in [3.8, 4) is 17.0 Å². The number of aliphatic hydroxyl groups excluding tert-OH is 1. The highest BCUT2D eigenvalue weighted by Crippen LogP contribution is 2.35. The lowest BCUT2D eigenvalue weighted by Crippen LogP contribution is -2.63. The van der Waals surface area contributed by atoms with E-state index in [4.69, 9.17) is 16.2 Å². The maximum atomic E-state index is 15.3. The SMILES string of the molecule is CCCC(=O)Oc1cc(F)c(-c2cc(Cn3cnc4c(N)ncnc43)c(N3CCC[C@](N)([C@H](O)C(F)F)C3)cn2)cc1F. The Morgan fingerprint density at radius 1 is 1.16 bits per heavy atom. The molecule has 15 heteroatoms. The van der Waals surface area contributed by atoms with Gasteiger partial charge in [-0.1, -0.05) is 6.92 Å². The Bertz CT molecular complexity index is 1650. The molecule has 0 spiro atoms. The van der Waals surface area contributed by atoms with Crippen LogP contribution in [-0.4, -0.2) is 66.7 Å². The number of hydrogen-bond donors (Lipinski definition) is 3. The molecular formula is C28H30F4N8O3. The molecule has 1 aliphatic rings. The van der Waals surface area contributed by atoms with Crippen LogP contribution >= 0.6 is 0 Å². The van der Waals surface area contributed by atoms with Gasteiger partial charge in [0.1, 0.15) is 23.8 Å². The summed E-state index contributed by atoms with van der Waals surface area (Å²) < 4.78 is 63.7. The van der Waals surface area contributed by atoms with E-state index in [0.717, 1.165) is 12.1 Å². The highest BCUT2D eigenvalue weighted by molar-refractivity contribution is 5.81. The Kier molecular flexibility index (Phi) is 8.46. The van der Waals surface area contributed by atoms with Crippen LogP contribution < -0.4 is 21.1 Å². The summed E-state index contributed by atoms with van der Waals surface area (Å²) in [7, 11) is 0. The van der Waals surface area contributed by atoms with Crippen LogP contribution in [0.25, 0.3) is 22.4 Å². The van der Waals surface area contributed by atoms with Crippen LogP contribution in [0, 0.1) is 11.6 Å². The number of halogens is 4. The monoisotopic (exact) mass is 602 g/mol. The fraction of sp³-hybridized carbons (Fsp3) is 0.393. The lowest BCUT2D eigenvalue weighted by Gasteiger charge is -2.44. The second kappa shape index (κ2) is 12.1. The van der Waals surface area contributed by atoms with Crippen LogP contribution in [0.15, 0.2) is 37.1 Å². The second-order valence-electron chi connectivity index (χ2n) is 10.5. The molecule has 228 valence electrons. The van der Waals surface area contributed by atoms with Gasteiger partial charge in [-0.05, 0) is 37.0 Å². The van der Waals surface area contributed by atoms with Gasteiger partial charge in [-0.2, -0.15) is 0 Å². The van der Waals surface area contributed by atoms with Crippen LogP contribution in [-0.2, 0) is 11.3 Å². The van der Waals surface area contributed by atoms with Crippen LogP contribution in [0.2, 0.25) is 0 Å². The number of esters is 1. The van der Waals surface area contributed by atoms with E-state index >= 15 is 4.39 Å². The van der Waals surface area contributed by atoms with Crippen molar-refractivity contribution in [2.75, 3.05) is 23.7 Å². The quantitative estimate of drug-likeness (QED) is 0.147. The third-order valence-electron chi connectivity index (χ3n) is 7.44. The summed E-state index contributed by atoms with van der Waals surface area (Å²) in [5.41, 5.74) is 12.2. The molecule has 1 saturated heterocycles. The smallest absolute Gasteiger partial charge is 0.311 e. The molecule has 43 heavy (non-hydrogen) atoms. The molecule has 5 rings (SSSR count). The number of piperidine rings is 1. The molecule has 4 aromatic rings. The minimum atomic E-state index is -3.03. The standard InChI is InChI=1S/C28H30F4N8O3/c1-2-4-22(41)43-21-9-17(29)16(8-18(21)30)19-7-15(11-40-14-38-23-26(33)36-13-37-27(23)40)20(10-35-19)39-6-3-5-28(34,12-39)24(42)25(31)32/h7-10,13-14,24-25,42H,2-6,11-12,34H2,1H3,(H2,33,36,37)/t24-,28-/m1/s1. The second-order valence-corrected chi connectivity index (χ2v) is 10.5. The number of aliphatic hydroxyl groups is 1. The minimum Gasteiger partial charge on any atom is -0.423 e. The summed E-state index contributed by atoms with van der Waals surface area (Å²) in [5.74, 6) is -2.89. The third kappa shape index (κ3) is 6.08. The average Bonchev–Trinajstić information content (AvgIpc) is 3.38. The number of anilines is 2. The van der Waals surface area contributed by atoms with Crippen molar-refractivity contribution < 1.29 is 32.2 Å². The number of nitrogens with two attached hydrogens (primary N) is 2. The number of pyridine rings is 1. The summed E-state index contributed by atoms with van der Waals surface area (Å²) in [6.45, 7) is 2.16. The summed E-state index contributed by atoms with van der Waals surface area (Å²) in [6.07, 6.45) is 0.219. The largest absolute Gasteiger partial charge is 0.423 e. The number of fused-ring (bicyclic) bond motifs is 1. The van der Waals surface area contributed by atoms with Crippen LogP contribution in [0.3, 0.4) is 0 Å². The van der Waals surface area contributed by atoms with Crippen molar-refractivity contribution in [2.24, 2.45) is 5.73 Å². The Hall–Kier alpha value is -4.37. The van der Waals surface area contributed by atoms with Gasteiger partial charge >= 0.3 is 5.97 Å². The number of ether oxygens (including phenoxy) is 1. The molecule has 0 amide bonds. The van der Waals surface area contributed by atoms with Gasteiger partial charge in [0.05, 0.1) is 36.0 Å². The number of alkyl halides is 2. The number of carbonyl (C=O) groups excluding carboxylic acids is 1. The molecule has 0 bridgehead atoms. The van der Waals surface area contributed by atoms with Gasteiger partial charge in [0, 0.05) is 31.1 Å². The fourth-order valence-electron chi connectivity index (χ4n) is 5.24. The third-order valence-corrected chi connectivity index (χ3v) is 7.44. The van der Waals surface area contributed by atoms with Crippen molar-refractivity contribution in [1.29, 1.82) is 0 Å². The topological polar surface area (TPSA) is 158 Å². The molecule has 0 unspecified atom stereocenters. The number of nitrogens with zero attached hydrogens (tertiary/aromatic N) is 6.